The number of piperazine rings is 1. The van der Waals surface area contributed by atoms with E-state index in [2.05, 4.69) is 16.8 Å². The molecule has 0 atom stereocenters. The molecule has 0 spiro atoms. The highest BCUT2D eigenvalue weighted by atomic mass is 16.2. The van der Waals surface area contributed by atoms with Gasteiger partial charge in [-0.2, -0.15) is 0 Å². The van der Waals surface area contributed by atoms with Crippen LogP contribution in [-0.4, -0.2) is 54.8 Å². The van der Waals surface area contributed by atoms with Crippen molar-refractivity contribution in [3.63, 3.8) is 0 Å². The van der Waals surface area contributed by atoms with Crippen molar-refractivity contribution in [3.05, 3.63) is 70.4 Å². The van der Waals surface area contributed by atoms with Crippen molar-refractivity contribution in [2.45, 2.75) is 20.8 Å². The Morgan fingerprint density at radius 1 is 0.793 bits per heavy atom. The molecule has 5 heteroatoms. The van der Waals surface area contributed by atoms with Crippen LogP contribution in [0, 0.1) is 20.8 Å². The summed E-state index contributed by atoms with van der Waals surface area (Å²) in [6.07, 6.45) is 0. The minimum absolute atomic E-state index is 0.219. The second kappa shape index (κ2) is 7.48. The molecule has 2 heterocycles. The fourth-order valence-corrected chi connectivity index (χ4v) is 4.02. The van der Waals surface area contributed by atoms with E-state index in [1.807, 2.05) is 63.2 Å². The maximum absolute atomic E-state index is 13.6. The van der Waals surface area contributed by atoms with Crippen LogP contribution in [0.25, 0.3) is 5.57 Å². The van der Waals surface area contributed by atoms with Gasteiger partial charge in [0.05, 0.1) is 11.3 Å². The fraction of sp³-hybridized carbons (Fsp3) is 0.333. The predicted octanol–water partition coefficient (Wildman–Crippen LogP) is 3.14. The Morgan fingerprint density at radius 3 is 2.10 bits per heavy atom. The SMILES string of the molecule is Cc1ccc(C2=C(N3CCN(C)CC3)C(=O)N(c3cccc(C)c3C)C2=O)cc1. The van der Waals surface area contributed by atoms with Crippen LogP contribution < -0.4 is 4.90 Å². The third-order valence-electron chi connectivity index (χ3n) is 6.04. The summed E-state index contributed by atoms with van der Waals surface area (Å²) >= 11 is 0. The summed E-state index contributed by atoms with van der Waals surface area (Å²) in [4.78, 5) is 32.9. The average molecular weight is 389 g/mol. The second-order valence-electron chi connectivity index (χ2n) is 8.04. The van der Waals surface area contributed by atoms with Crippen LogP contribution in [0.1, 0.15) is 22.3 Å². The lowest BCUT2D eigenvalue weighted by molar-refractivity contribution is -0.120. The summed E-state index contributed by atoms with van der Waals surface area (Å²) in [6, 6.07) is 13.6. The minimum Gasteiger partial charge on any atom is -0.364 e. The summed E-state index contributed by atoms with van der Waals surface area (Å²) in [5.41, 5.74) is 5.67. The molecule has 0 unspecified atom stereocenters. The molecule has 2 aromatic carbocycles. The van der Waals surface area contributed by atoms with E-state index in [1.54, 1.807) is 0 Å². The Bertz CT molecular complexity index is 999. The molecular formula is C24H27N3O2. The molecule has 0 saturated carbocycles. The molecule has 5 nitrogen and oxygen atoms in total. The lowest BCUT2D eigenvalue weighted by Crippen LogP contribution is -2.46. The van der Waals surface area contributed by atoms with Crippen molar-refractivity contribution >= 4 is 23.1 Å². The van der Waals surface area contributed by atoms with Gasteiger partial charge in [-0.05, 0) is 50.6 Å². The molecule has 0 bridgehead atoms. The molecule has 2 aromatic rings. The zero-order valence-electron chi connectivity index (χ0n) is 17.5. The van der Waals surface area contributed by atoms with Crippen LogP contribution in [0.3, 0.4) is 0 Å². The molecule has 1 fully saturated rings. The van der Waals surface area contributed by atoms with Gasteiger partial charge < -0.3 is 9.80 Å². The van der Waals surface area contributed by atoms with E-state index in [4.69, 9.17) is 0 Å². The second-order valence-corrected chi connectivity index (χ2v) is 8.04. The number of likely N-dealkylation sites (N-methyl/N-ethyl adjacent to an activating group) is 1. The normalized spacial score (nSPS) is 18.2. The highest BCUT2D eigenvalue weighted by molar-refractivity contribution is 6.45. The lowest BCUT2D eigenvalue weighted by atomic mass is 10.0. The van der Waals surface area contributed by atoms with Gasteiger partial charge in [0, 0.05) is 26.2 Å². The van der Waals surface area contributed by atoms with Gasteiger partial charge in [0.15, 0.2) is 0 Å². The van der Waals surface area contributed by atoms with E-state index in [9.17, 15) is 9.59 Å². The number of aryl methyl sites for hydroxylation is 2. The van der Waals surface area contributed by atoms with Gasteiger partial charge >= 0.3 is 0 Å². The van der Waals surface area contributed by atoms with Crippen molar-refractivity contribution in [3.8, 4) is 0 Å². The summed E-state index contributed by atoms with van der Waals surface area (Å²) in [7, 11) is 2.08. The summed E-state index contributed by atoms with van der Waals surface area (Å²) in [5, 5.41) is 0. The van der Waals surface area contributed by atoms with E-state index in [0.29, 0.717) is 17.0 Å². The van der Waals surface area contributed by atoms with Crippen molar-refractivity contribution in [2.75, 3.05) is 38.1 Å². The molecule has 29 heavy (non-hydrogen) atoms. The van der Waals surface area contributed by atoms with Gasteiger partial charge in [-0.25, -0.2) is 4.90 Å². The van der Waals surface area contributed by atoms with Gasteiger partial charge in [0.1, 0.15) is 5.70 Å². The molecule has 0 aromatic heterocycles. The Labute approximate surface area is 172 Å². The molecule has 1 saturated heterocycles. The third kappa shape index (κ3) is 3.36. The fourth-order valence-electron chi connectivity index (χ4n) is 4.02. The molecule has 0 N–H and O–H groups in total. The highest BCUT2D eigenvalue weighted by Gasteiger charge is 2.43. The van der Waals surface area contributed by atoms with Crippen molar-refractivity contribution in [1.82, 2.24) is 9.80 Å². The lowest BCUT2D eigenvalue weighted by Gasteiger charge is -2.34. The zero-order chi connectivity index (χ0) is 20.7. The molecule has 0 radical (unpaired) electrons. The van der Waals surface area contributed by atoms with Crippen molar-refractivity contribution in [2.24, 2.45) is 0 Å². The van der Waals surface area contributed by atoms with E-state index >= 15 is 0 Å². The van der Waals surface area contributed by atoms with Gasteiger partial charge in [0.25, 0.3) is 11.8 Å². The number of carbonyl (C=O) groups excluding carboxylic acids is 2. The van der Waals surface area contributed by atoms with E-state index < -0.39 is 0 Å². The quantitative estimate of drug-likeness (QED) is 0.757. The van der Waals surface area contributed by atoms with Crippen LogP contribution in [0.15, 0.2) is 48.2 Å². The molecule has 150 valence electrons. The number of nitrogens with zero attached hydrogens (tertiary/aromatic N) is 3. The summed E-state index contributed by atoms with van der Waals surface area (Å²) < 4.78 is 0. The maximum atomic E-state index is 13.6. The number of rotatable bonds is 3. The van der Waals surface area contributed by atoms with Crippen LogP contribution in [0.5, 0.6) is 0 Å². The van der Waals surface area contributed by atoms with Crippen LogP contribution in [0.4, 0.5) is 5.69 Å². The molecule has 2 aliphatic rings. The average Bonchev–Trinajstić information content (AvgIpc) is 2.96. The van der Waals surface area contributed by atoms with Crippen molar-refractivity contribution in [1.29, 1.82) is 0 Å². The van der Waals surface area contributed by atoms with Gasteiger partial charge in [-0.15, -0.1) is 0 Å². The number of hydrogen-bond acceptors (Lipinski definition) is 4. The van der Waals surface area contributed by atoms with E-state index in [1.165, 1.54) is 4.90 Å². The topological polar surface area (TPSA) is 43.9 Å². The van der Waals surface area contributed by atoms with Crippen LogP contribution in [0.2, 0.25) is 0 Å². The smallest absolute Gasteiger partial charge is 0.282 e. The molecule has 4 rings (SSSR count). The molecular weight excluding hydrogens is 362 g/mol. The van der Waals surface area contributed by atoms with Crippen LogP contribution in [-0.2, 0) is 9.59 Å². The Hall–Kier alpha value is -2.92. The number of imide groups is 1. The first-order valence-corrected chi connectivity index (χ1v) is 10.1. The van der Waals surface area contributed by atoms with Gasteiger partial charge in [-0.3, -0.25) is 9.59 Å². The van der Waals surface area contributed by atoms with Crippen LogP contribution >= 0.6 is 0 Å². The molecule has 2 amide bonds. The van der Waals surface area contributed by atoms with E-state index in [-0.39, 0.29) is 11.8 Å². The molecule has 0 aliphatic carbocycles. The third-order valence-corrected chi connectivity index (χ3v) is 6.04. The first kappa shape index (κ1) is 19.4. The first-order chi connectivity index (χ1) is 13.9. The number of anilines is 1. The van der Waals surface area contributed by atoms with E-state index in [0.717, 1.165) is 48.4 Å². The largest absolute Gasteiger partial charge is 0.364 e. The monoisotopic (exact) mass is 389 g/mol. The highest BCUT2D eigenvalue weighted by Crippen LogP contribution is 2.36. The Kier molecular flexibility index (Phi) is 5.01. The summed E-state index contributed by atoms with van der Waals surface area (Å²) in [5.74, 6) is -0.453. The zero-order valence-corrected chi connectivity index (χ0v) is 17.5. The molecule has 2 aliphatic heterocycles. The Morgan fingerprint density at radius 2 is 1.45 bits per heavy atom. The number of hydrogen-bond donors (Lipinski definition) is 0. The standard InChI is InChI=1S/C24H27N3O2/c1-16-8-10-19(11-9-16)21-22(26-14-12-25(4)13-15-26)24(29)27(23(21)28)20-7-5-6-17(2)18(20)3/h5-11H,12-15H2,1-4H3. The van der Waals surface area contributed by atoms with Gasteiger partial charge in [-0.1, -0.05) is 42.0 Å². The summed E-state index contributed by atoms with van der Waals surface area (Å²) in [6.45, 7) is 9.20. The predicted molar refractivity (Wildman–Crippen MR) is 116 cm³/mol. The number of benzene rings is 2. The minimum atomic E-state index is -0.235. The van der Waals surface area contributed by atoms with Crippen molar-refractivity contribution < 1.29 is 9.59 Å². The number of carbonyl (C=O) groups is 2. The first-order valence-electron chi connectivity index (χ1n) is 10.1. The Balaban J connectivity index is 1.83. The maximum Gasteiger partial charge on any atom is 0.282 e. The number of amides is 2. The van der Waals surface area contributed by atoms with Gasteiger partial charge in [0.2, 0.25) is 0 Å².